The van der Waals surface area contributed by atoms with Crippen LogP contribution in [-0.4, -0.2) is 16.1 Å². The average Bonchev–Trinajstić information content (AvgIpc) is 2.68. The lowest BCUT2D eigenvalue weighted by Gasteiger charge is -2.10. The summed E-state index contributed by atoms with van der Waals surface area (Å²) in [7, 11) is 1.72. The van der Waals surface area contributed by atoms with Crippen molar-refractivity contribution in [2.24, 2.45) is 12.8 Å². The van der Waals surface area contributed by atoms with Gasteiger partial charge in [0, 0.05) is 19.2 Å². The van der Waals surface area contributed by atoms with Crippen molar-refractivity contribution in [3.05, 3.63) is 36.2 Å². The fraction of sp³-hybridized carbons (Fsp3) is 0.250. The first-order valence-electron chi connectivity index (χ1n) is 5.48. The Hall–Kier alpha value is -2.02. The number of alkyl halides is 3. The number of aryl methyl sites for hydroxylation is 1. The maximum atomic E-state index is 12.2. The molecule has 2 aromatic rings. The number of nitrogens with two attached hydrogens (primary N) is 1. The van der Waals surface area contributed by atoms with Crippen LogP contribution in [0.15, 0.2) is 30.5 Å². The van der Waals surface area contributed by atoms with Crippen molar-refractivity contribution in [2.45, 2.75) is 12.9 Å². The molecule has 0 atom stereocenters. The van der Waals surface area contributed by atoms with Crippen LogP contribution in [-0.2, 0) is 13.6 Å². The van der Waals surface area contributed by atoms with Crippen LogP contribution in [0.2, 0.25) is 0 Å². The number of benzene rings is 1. The molecule has 2 N–H and O–H groups in total. The number of halogens is 3. The van der Waals surface area contributed by atoms with Gasteiger partial charge < -0.3 is 10.5 Å². The summed E-state index contributed by atoms with van der Waals surface area (Å²) >= 11 is 0. The minimum Gasteiger partial charge on any atom is -0.406 e. The summed E-state index contributed by atoms with van der Waals surface area (Å²) in [6.07, 6.45) is -3.14. The van der Waals surface area contributed by atoms with Crippen LogP contribution in [0.5, 0.6) is 5.75 Å². The predicted octanol–water partition coefficient (Wildman–Crippen LogP) is 2.44. The van der Waals surface area contributed by atoms with Gasteiger partial charge in [0.25, 0.3) is 0 Å². The molecule has 7 heteroatoms. The fourth-order valence-corrected chi connectivity index (χ4v) is 1.81. The van der Waals surface area contributed by atoms with E-state index in [2.05, 4.69) is 9.84 Å². The van der Waals surface area contributed by atoms with Gasteiger partial charge in [-0.15, -0.1) is 13.2 Å². The van der Waals surface area contributed by atoms with Crippen molar-refractivity contribution >= 4 is 0 Å². The highest BCUT2D eigenvalue weighted by molar-refractivity contribution is 5.66. The minimum absolute atomic E-state index is 0.246. The van der Waals surface area contributed by atoms with E-state index in [1.807, 2.05) is 0 Å². The van der Waals surface area contributed by atoms with Crippen molar-refractivity contribution in [1.29, 1.82) is 0 Å². The number of hydrogen-bond acceptors (Lipinski definition) is 3. The van der Waals surface area contributed by atoms with Crippen molar-refractivity contribution < 1.29 is 17.9 Å². The highest BCUT2D eigenvalue weighted by Crippen LogP contribution is 2.29. The van der Waals surface area contributed by atoms with E-state index < -0.39 is 6.36 Å². The highest BCUT2D eigenvalue weighted by Gasteiger charge is 2.31. The quantitative estimate of drug-likeness (QED) is 0.932. The van der Waals surface area contributed by atoms with Crippen molar-refractivity contribution in [2.75, 3.05) is 0 Å². The Morgan fingerprint density at radius 1 is 1.37 bits per heavy atom. The maximum Gasteiger partial charge on any atom is 0.573 e. The van der Waals surface area contributed by atoms with Gasteiger partial charge in [-0.3, -0.25) is 4.68 Å². The zero-order valence-electron chi connectivity index (χ0n) is 10.1. The molecule has 0 amide bonds. The third-order valence-electron chi connectivity index (χ3n) is 2.63. The molecule has 19 heavy (non-hydrogen) atoms. The Morgan fingerprint density at radius 2 is 2.11 bits per heavy atom. The molecular formula is C12H12F3N3O. The third-order valence-corrected chi connectivity index (χ3v) is 2.63. The second-order valence-electron chi connectivity index (χ2n) is 3.91. The molecule has 2 rings (SSSR count). The Bertz CT molecular complexity index is 578. The second-order valence-corrected chi connectivity index (χ2v) is 3.91. The predicted molar refractivity (Wildman–Crippen MR) is 63.2 cm³/mol. The van der Waals surface area contributed by atoms with E-state index in [1.165, 1.54) is 18.2 Å². The van der Waals surface area contributed by atoms with E-state index >= 15 is 0 Å². The van der Waals surface area contributed by atoms with Gasteiger partial charge in [-0.2, -0.15) is 5.10 Å². The smallest absolute Gasteiger partial charge is 0.406 e. The summed E-state index contributed by atoms with van der Waals surface area (Å²) < 4.78 is 42.0. The number of aromatic nitrogens is 2. The van der Waals surface area contributed by atoms with Crippen LogP contribution in [0.25, 0.3) is 11.1 Å². The van der Waals surface area contributed by atoms with Gasteiger partial charge >= 0.3 is 6.36 Å². The molecule has 0 aliphatic heterocycles. The topological polar surface area (TPSA) is 53.1 Å². The summed E-state index contributed by atoms with van der Waals surface area (Å²) in [6.45, 7) is 0.246. The van der Waals surface area contributed by atoms with Gasteiger partial charge in [-0.25, -0.2) is 0 Å². The average molecular weight is 271 g/mol. The molecular weight excluding hydrogens is 259 g/mol. The monoisotopic (exact) mass is 271 g/mol. The minimum atomic E-state index is -4.70. The van der Waals surface area contributed by atoms with Gasteiger partial charge in [0.2, 0.25) is 0 Å². The number of rotatable bonds is 3. The lowest BCUT2D eigenvalue weighted by molar-refractivity contribution is -0.274. The zero-order chi connectivity index (χ0) is 14.0. The summed E-state index contributed by atoms with van der Waals surface area (Å²) in [6, 6.07) is 5.72. The molecule has 4 nitrogen and oxygen atoms in total. The Kier molecular flexibility index (Phi) is 3.48. The fourth-order valence-electron chi connectivity index (χ4n) is 1.81. The molecule has 102 valence electrons. The molecule has 0 aliphatic carbocycles. The zero-order valence-corrected chi connectivity index (χ0v) is 10.1. The molecule has 1 heterocycles. The van der Waals surface area contributed by atoms with E-state index in [1.54, 1.807) is 24.0 Å². The van der Waals surface area contributed by atoms with Crippen LogP contribution in [0.4, 0.5) is 13.2 Å². The SMILES string of the molecule is Cn1ncc(-c2cccc(OC(F)(F)F)c2)c1CN. The first kappa shape index (κ1) is 13.4. The summed E-state index contributed by atoms with van der Waals surface area (Å²) in [5.41, 5.74) is 7.61. The largest absolute Gasteiger partial charge is 0.573 e. The lowest BCUT2D eigenvalue weighted by Crippen LogP contribution is -2.17. The molecule has 0 fully saturated rings. The molecule has 0 bridgehead atoms. The van der Waals surface area contributed by atoms with Gasteiger partial charge in [0.1, 0.15) is 5.75 Å². The van der Waals surface area contributed by atoms with Crippen LogP contribution >= 0.6 is 0 Å². The molecule has 1 aromatic carbocycles. The lowest BCUT2D eigenvalue weighted by atomic mass is 10.1. The van der Waals surface area contributed by atoms with Crippen LogP contribution in [0.1, 0.15) is 5.69 Å². The van der Waals surface area contributed by atoms with E-state index in [0.717, 1.165) is 5.69 Å². The van der Waals surface area contributed by atoms with Crippen molar-refractivity contribution in [3.8, 4) is 16.9 Å². The van der Waals surface area contributed by atoms with E-state index in [-0.39, 0.29) is 12.3 Å². The third kappa shape index (κ3) is 3.05. The number of ether oxygens (including phenoxy) is 1. The molecule has 0 radical (unpaired) electrons. The Labute approximate surface area is 107 Å². The molecule has 0 unspecified atom stereocenters. The summed E-state index contributed by atoms with van der Waals surface area (Å²) in [5.74, 6) is -0.267. The maximum absolute atomic E-state index is 12.2. The second kappa shape index (κ2) is 4.93. The first-order valence-corrected chi connectivity index (χ1v) is 5.48. The van der Waals surface area contributed by atoms with Gasteiger partial charge in [0.05, 0.1) is 11.9 Å². The molecule has 0 aliphatic rings. The van der Waals surface area contributed by atoms with Crippen LogP contribution in [0.3, 0.4) is 0 Å². The van der Waals surface area contributed by atoms with E-state index in [4.69, 9.17) is 5.73 Å². The Balaban J connectivity index is 2.38. The highest BCUT2D eigenvalue weighted by atomic mass is 19.4. The van der Waals surface area contributed by atoms with Crippen molar-refractivity contribution in [1.82, 2.24) is 9.78 Å². The normalized spacial score (nSPS) is 11.6. The Morgan fingerprint density at radius 3 is 2.74 bits per heavy atom. The molecule has 0 spiro atoms. The van der Waals surface area contributed by atoms with Gasteiger partial charge in [0.15, 0.2) is 0 Å². The first-order chi connectivity index (χ1) is 8.90. The standard InChI is InChI=1S/C12H12F3N3O/c1-18-11(6-16)10(7-17-18)8-3-2-4-9(5-8)19-12(13,14)15/h2-5,7H,6,16H2,1H3. The summed E-state index contributed by atoms with van der Waals surface area (Å²) in [4.78, 5) is 0. The number of hydrogen-bond donors (Lipinski definition) is 1. The summed E-state index contributed by atoms with van der Waals surface area (Å²) in [5, 5.41) is 4.04. The van der Waals surface area contributed by atoms with Crippen LogP contribution < -0.4 is 10.5 Å². The van der Waals surface area contributed by atoms with Gasteiger partial charge in [-0.1, -0.05) is 12.1 Å². The number of nitrogens with zero attached hydrogens (tertiary/aromatic N) is 2. The van der Waals surface area contributed by atoms with E-state index in [9.17, 15) is 13.2 Å². The molecule has 0 saturated heterocycles. The van der Waals surface area contributed by atoms with Crippen molar-refractivity contribution in [3.63, 3.8) is 0 Å². The molecule has 1 aromatic heterocycles. The van der Waals surface area contributed by atoms with E-state index in [0.29, 0.717) is 11.1 Å². The molecule has 0 saturated carbocycles. The van der Waals surface area contributed by atoms with Gasteiger partial charge in [-0.05, 0) is 17.7 Å². The van der Waals surface area contributed by atoms with Crippen LogP contribution in [0, 0.1) is 0 Å².